The van der Waals surface area contributed by atoms with Gasteiger partial charge in [0.25, 0.3) is 0 Å². The van der Waals surface area contributed by atoms with Gasteiger partial charge in [0.15, 0.2) is 0 Å². The monoisotopic (exact) mass is 1460 g/mol. The number of hydrogen-bond donors (Lipinski definition) is 0. The molecule has 0 heterocycles. The highest BCUT2D eigenvalue weighted by molar-refractivity contribution is 6.81. The van der Waals surface area contributed by atoms with Crippen molar-refractivity contribution in [1.82, 2.24) is 0 Å². The van der Waals surface area contributed by atoms with Gasteiger partial charge < -0.3 is 0 Å². The van der Waals surface area contributed by atoms with Crippen LogP contribution >= 0.6 is 0 Å². The minimum atomic E-state index is 1.42. The van der Waals surface area contributed by atoms with Crippen LogP contribution in [0.1, 0.15) is 0 Å². The fraction of sp³-hybridized carbons (Fsp3) is 0. The molecule has 0 unspecified atom stereocenters. The molecule has 49 aromatic carbocycles. The van der Waals surface area contributed by atoms with Gasteiger partial charge in [-0.3, -0.25) is 0 Å². The van der Waals surface area contributed by atoms with Gasteiger partial charge in [0.2, 0.25) is 0 Å². The normalized spacial score (nSPS) is 16.0. The molecule has 0 saturated heterocycles. The van der Waals surface area contributed by atoms with Crippen LogP contribution in [0.4, 0.5) is 0 Å². The van der Waals surface area contributed by atoms with Crippen molar-refractivity contribution in [2.75, 3.05) is 0 Å². The molecule has 0 aliphatic rings. The van der Waals surface area contributed by atoms with E-state index in [9.17, 15) is 0 Å². The first-order valence-electron chi connectivity index (χ1n) is 43.9. The van der Waals surface area contributed by atoms with Crippen LogP contribution in [0.2, 0.25) is 0 Å². The third kappa shape index (κ3) is 3.21. The van der Waals surface area contributed by atoms with Gasteiger partial charge in [0, 0.05) is 0 Å². The largest absolute Gasteiger partial charge is 0.0531 e. The molecule has 120 heavy (non-hydrogen) atoms. The SMILES string of the molecule is c1cc2c3ccc4c5ccc6c7ccc8c9ccc%10c%11ccc%12c1c1c2c2c%13c3c4c3c4c5c6c5c6c7c8c7c8c9c%10c9c%10c%11c%12c%11c1c1c%12c%14c%15c%16ccc%17c%18ccc%19c%20ccc%21c%22ccc%23c%24ccc%25c%26ccc%16c%16c%26c%26c%27c%25c%24c%24c%25c%23c%22c%22c%23c%21c%20c%20c%21c%19c%18c%18c(c%17%15)c%12c%11c%10c%18c%21c9c8c%20c%23c7c6c%22c%25c5c4c%24c%27c3c%13c%26c(c%16%14)c21. The molecule has 504 valence electrons. The van der Waals surface area contributed by atoms with Gasteiger partial charge >= 0.3 is 0 Å². The van der Waals surface area contributed by atoms with E-state index in [0.29, 0.717) is 0 Å². The Morgan fingerprint density at radius 3 is 0.117 bits per heavy atom. The van der Waals surface area contributed by atoms with Crippen LogP contribution in [0, 0.1) is 0 Å². The van der Waals surface area contributed by atoms with E-state index in [1.54, 1.807) is 0 Å². The van der Waals surface area contributed by atoms with E-state index < -0.39 is 0 Å². The molecular formula is C120H24. The van der Waals surface area contributed by atoms with Crippen LogP contribution in [-0.4, -0.2) is 0 Å². The summed E-state index contributed by atoms with van der Waals surface area (Å²) in [5, 5.41) is 144. The highest BCUT2D eigenvalue weighted by Crippen LogP contribution is 2.78. The van der Waals surface area contributed by atoms with Crippen molar-refractivity contribution in [1.29, 1.82) is 0 Å². The van der Waals surface area contributed by atoms with E-state index in [4.69, 9.17) is 0 Å². The maximum absolute atomic E-state index is 2.69. The van der Waals surface area contributed by atoms with Crippen LogP contribution in [0.15, 0.2) is 146 Å². The summed E-state index contributed by atoms with van der Waals surface area (Å²) in [6.07, 6.45) is 0. The van der Waals surface area contributed by atoms with E-state index in [1.807, 2.05) is 0 Å². The van der Waals surface area contributed by atoms with E-state index in [1.165, 1.54) is 517 Å². The van der Waals surface area contributed by atoms with E-state index in [2.05, 4.69) is 146 Å². The van der Waals surface area contributed by atoms with Crippen molar-refractivity contribution in [3.05, 3.63) is 146 Å². The zero-order valence-corrected chi connectivity index (χ0v) is 61.9. The lowest BCUT2D eigenvalue weighted by Crippen LogP contribution is -2.09. The molecule has 0 aliphatic heterocycles. The quantitative estimate of drug-likeness (QED) is 0.105. The second kappa shape index (κ2) is 12.3. The standard InChI is InChI=1S/C120H24/c1-2-26-28-5-6-30-32-9-10-37-41-17-15-38-34-8-7-31-29-4-3-27-25(1)49-50(26)74-76-52(28)54(30)78-81-57(32)61(37)89-93-69(41)66(38)90-86-58(34)55(31)79-77-53(29)51(27)75-73(49)97-98(74)103-82-60-35-13-14-40-42-19-20-45-46-23-24-48-47-22-21-44-43-18-16-39-36-12-11-33(35)56-59(36)83-84-63(39)64(43)88-91-68(44)70(47)95-96-72(48)71(46)94-92-67(45)65(42)87-85(62(40)60)107(103)101(76)105(78)110(87)113(92)109(81)114(89)116(94)119(96)120(93)118(90)117(95)115(91)112(86)106(79)111(88)108(84)102(77)99(75)104(83)100(97)80(56)82/h1-24H. The van der Waals surface area contributed by atoms with E-state index >= 15 is 0 Å². The van der Waals surface area contributed by atoms with Crippen LogP contribution in [-0.2, 0) is 0 Å². The third-order valence-corrected chi connectivity index (χ3v) is 38.9. The summed E-state index contributed by atoms with van der Waals surface area (Å²) in [6.45, 7) is 0. The topological polar surface area (TPSA) is 0 Å². The van der Waals surface area contributed by atoms with Crippen LogP contribution in [0.5, 0.6) is 0 Å². The summed E-state index contributed by atoms with van der Waals surface area (Å²) < 4.78 is 0. The van der Waals surface area contributed by atoms with Crippen LogP contribution in [0.3, 0.4) is 0 Å². The highest BCUT2D eigenvalue weighted by Gasteiger charge is 2.48. The summed E-state index contributed by atoms with van der Waals surface area (Å²) in [5.41, 5.74) is 0. The van der Waals surface area contributed by atoms with Gasteiger partial charge in [-0.2, -0.15) is 0 Å². The average Bonchev–Trinajstić information content (AvgIpc) is 0.601. The maximum Gasteiger partial charge on any atom is -0.000000386 e. The summed E-state index contributed by atoms with van der Waals surface area (Å²) in [6, 6.07) is 64.5. The lowest BCUT2D eigenvalue weighted by molar-refractivity contribution is 1.85. The Bertz CT molecular complexity index is 10300. The molecule has 0 atom stereocenters. The minimum Gasteiger partial charge on any atom is -0.0531 e. The van der Waals surface area contributed by atoms with Gasteiger partial charge in [-0.1, -0.05) is 146 Å². The zero-order valence-electron chi connectivity index (χ0n) is 61.9. The molecule has 0 heteroatoms. The second-order valence-electron chi connectivity index (χ2n) is 40.9. The summed E-state index contributed by atoms with van der Waals surface area (Å²) in [4.78, 5) is 0. The van der Waals surface area contributed by atoms with Crippen molar-refractivity contribution in [2.45, 2.75) is 0 Å². The fourth-order valence-corrected chi connectivity index (χ4v) is 36.9. The molecular weight excluding hydrogens is 1440 g/mol. The Hall–Kier alpha value is -15.6. The molecule has 0 radical (unpaired) electrons. The molecule has 0 fully saturated rings. The molecule has 0 spiro atoms. The van der Waals surface area contributed by atoms with Gasteiger partial charge in [-0.25, -0.2) is 0 Å². The summed E-state index contributed by atoms with van der Waals surface area (Å²) in [5.74, 6) is 0. The van der Waals surface area contributed by atoms with Crippen LogP contribution < -0.4 is 0 Å². The Morgan fingerprint density at radius 1 is 0.0417 bits per heavy atom. The van der Waals surface area contributed by atoms with E-state index in [0.717, 1.165) is 0 Å². The number of hydrogen-bond acceptors (Lipinski definition) is 0. The molecule has 49 aromatic rings. The minimum absolute atomic E-state index is 1.42. The van der Waals surface area contributed by atoms with Crippen molar-refractivity contribution in [2.24, 2.45) is 0 Å². The molecule has 0 saturated carbocycles. The smallest absolute Gasteiger partial charge is 0.000000386 e. The number of benzene rings is 48. The second-order valence-corrected chi connectivity index (χ2v) is 40.9. The Kier molecular flexibility index (Phi) is 4.94. The molecule has 49 rings (SSSR count). The lowest BCUT2D eigenvalue weighted by Gasteiger charge is -2.38. The molecule has 0 aliphatic carbocycles. The Morgan fingerprint density at radius 2 is 0.0750 bits per heavy atom. The van der Waals surface area contributed by atoms with Gasteiger partial charge in [-0.15, -0.1) is 0 Å². The number of rotatable bonds is 0. The maximum atomic E-state index is 2.69. The molecule has 24 bridgehead atoms. The zero-order chi connectivity index (χ0) is 72.4. The first kappa shape index (κ1) is 48.1. The first-order chi connectivity index (χ1) is 59.8. The number of fused-ring (bicyclic) bond motifs is 12. The predicted octanol–water partition coefficient (Wildman–Crippen LogP) is 35.1. The predicted molar refractivity (Wildman–Crippen MR) is 523 cm³/mol. The summed E-state index contributed by atoms with van der Waals surface area (Å²) >= 11 is 0. The van der Waals surface area contributed by atoms with Crippen LogP contribution in [0.25, 0.3) is 517 Å². The summed E-state index contributed by atoms with van der Waals surface area (Å²) in [7, 11) is 0. The molecule has 0 amide bonds. The molecule has 0 aromatic heterocycles. The average molecular weight is 1470 g/mol. The first-order valence-corrected chi connectivity index (χ1v) is 43.9. The molecule has 0 nitrogen and oxygen atoms in total. The van der Waals surface area contributed by atoms with Gasteiger partial charge in [0.1, 0.15) is 0 Å². The Labute approximate surface area is 657 Å². The highest BCUT2D eigenvalue weighted by atomic mass is 14.5. The third-order valence-electron chi connectivity index (χ3n) is 38.9. The lowest BCUT2D eigenvalue weighted by atomic mass is 9.63. The van der Waals surface area contributed by atoms with Crippen molar-refractivity contribution in [3.63, 3.8) is 0 Å². The van der Waals surface area contributed by atoms with Gasteiger partial charge in [0.05, 0.1) is 0 Å². The molecule has 0 N–H and O–H groups in total. The van der Waals surface area contributed by atoms with E-state index in [-0.39, 0.29) is 0 Å². The fourth-order valence-electron chi connectivity index (χ4n) is 36.9. The van der Waals surface area contributed by atoms with Gasteiger partial charge in [-0.05, 0) is 517 Å². The van der Waals surface area contributed by atoms with Crippen molar-refractivity contribution in [3.8, 4) is 0 Å². The van der Waals surface area contributed by atoms with Crippen molar-refractivity contribution < 1.29 is 0 Å². The van der Waals surface area contributed by atoms with Crippen molar-refractivity contribution >= 4 is 517 Å². The Balaban J connectivity index is 0.979.